The van der Waals surface area contributed by atoms with Crippen LogP contribution in [0, 0.1) is 24.1 Å². The molecule has 0 aliphatic rings. The van der Waals surface area contributed by atoms with Crippen LogP contribution in [0.3, 0.4) is 0 Å². The van der Waals surface area contributed by atoms with E-state index >= 15 is 0 Å². The molecule has 3 heteroatoms. The number of hydrogen-bond donors (Lipinski definition) is 1. The molecule has 2 atom stereocenters. The predicted molar refractivity (Wildman–Crippen MR) is 80.6 cm³/mol. The van der Waals surface area contributed by atoms with Gasteiger partial charge in [0.1, 0.15) is 11.6 Å². The Balaban J connectivity index is 2.20. The molecule has 2 unspecified atom stereocenters. The van der Waals surface area contributed by atoms with E-state index in [1.54, 1.807) is 18.2 Å². The lowest BCUT2D eigenvalue weighted by Gasteiger charge is -2.18. The third-order valence-electron chi connectivity index (χ3n) is 3.73. The molecular formula is C18H18FNO. The van der Waals surface area contributed by atoms with Crippen LogP contribution in [0.1, 0.15) is 41.9 Å². The van der Waals surface area contributed by atoms with E-state index in [9.17, 15) is 14.8 Å². The van der Waals surface area contributed by atoms with Crippen molar-refractivity contribution in [1.29, 1.82) is 5.26 Å². The number of rotatable bonds is 4. The molecule has 108 valence electrons. The standard InChI is InChI=1S/C18H18FNO/c1-12-3-8-18(21)17(9-12)13(2)10-15(11-20)14-4-6-16(19)7-5-14/h3-9,13,15,21H,10H2,1-2H3. The second-order valence-corrected chi connectivity index (χ2v) is 5.43. The zero-order chi connectivity index (χ0) is 15.4. The Bertz CT molecular complexity index is 658. The molecule has 0 spiro atoms. The summed E-state index contributed by atoms with van der Waals surface area (Å²) in [5.41, 5.74) is 2.72. The van der Waals surface area contributed by atoms with Gasteiger partial charge in [-0.3, -0.25) is 0 Å². The minimum atomic E-state index is -0.319. The number of aromatic hydroxyl groups is 1. The molecule has 1 N–H and O–H groups in total. The highest BCUT2D eigenvalue weighted by atomic mass is 19.1. The highest BCUT2D eigenvalue weighted by molar-refractivity contribution is 5.38. The van der Waals surface area contributed by atoms with Crippen molar-refractivity contribution in [2.75, 3.05) is 0 Å². The fourth-order valence-electron chi connectivity index (χ4n) is 2.51. The van der Waals surface area contributed by atoms with Crippen molar-refractivity contribution in [3.8, 4) is 11.8 Å². The first-order valence-electron chi connectivity index (χ1n) is 6.96. The Morgan fingerprint density at radius 2 is 1.86 bits per heavy atom. The SMILES string of the molecule is Cc1ccc(O)c(C(C)CC(C#N)c2ccc(F)cc2)c1. The Morgan fingerprint density at radius 1 is 1.19 bits per heavy atom. The first kappa shape index (κ1) is 15.1. The van der Waals surface area contributed by atoms with Crippen LogP contribution in [-0.2, 0) is 0 Å². The van der Waals surface area contributed by atoms with E-state index in [1.165, 1.54) is 12.1 Å². The molecule has 2 aromatic carbocycles. The zero-order valence-electron chi connectivity index (χ0n) is 12.2. The topological polar surface area (TPSA) is 44.0 Å². The summed E-state index contributed by atoms with van der Waals surface area (Å²) in [6, 6.07) is 13.8. The molecule has 0 radical (unpaired) electrons. The van der Waals surface area contributed by atoms with E-state index in [1.807, 2.05) is 26.0 Å². The van der Waals surface area contributed by atoms with Crippen LogP contribution in [0.2, 0.25) is 0 Å². The molecule has 0 aliphatic carbocycles. The van der Waals surface area contributed by atoms with Crippen molar-refractivity contribution < 1.29 is 9.50 Å². The van der Waals surface area contributed by atoms with Crippen LogP contribution < -0.4 is 0 Å². The Hall–Kier alpha value is -2.34. The van der Waals surface area contributed by atoms with Crippen LogP contribution in [0.25, 0.3) is 0 Å². The van der Waals surface area contributed by atoms with E-state index < -0.39 is 0 Å². The molecule has 2 rings (SSSR count). The maximum absolute atomic E-state index is 13.0. The summed E-state index contributed by atoms with van der Waals surface area (Å²) in [4.78, 5) is 0. The van der Waals surface area contributed by atoms with Gasteiger partial charge in [-0.05, 0) is 48.6 Å². The van der Waals surface area contributed by atoms with Gasteiger partial charge in [0.2, 0.25) is 0 Å². The number of aryl methyl sites for hydroxylation is 1. The third-order valence-corrected chi connectivity index (χ3v) is 3.73. The molecular weight excluding hydrogens is 265 g/mol. The summed E-state index contributed by atoms with van der Waals surface area (Å²) >= 11 is 0. The Labute approximate surface area is 124 Å². The van der Waals surface area contributed by atoms with Crippen molar-refractivity contribution in [2.45, 2.75) is 32.1 Å². The van der Waals surface area contributed by atoms with Gasteiger partial charge in [0.25, 0.3) is 0 Å². The maximum Gasteiger partial charge on any atom is 0.123 e. The largest absolute Gasteiger partial charge is 0.508 e. The average Bonchev–Trinajstić information content (AvgIpc) is 2.48. The molecule has 21 heavy (non-hydrogen) atoms. The van der Waals surface area contributed by atoms with Crippen LogP contribution in [-0.4, -0.2) is 5.11 Å². The van der Waals surface area contributed by atoms with Gasteiger partial charge in [0.15, 0.2) is 0 Å². The van der Waals surface area contributed by atoms with E-state index in [2.05, 4.69) is 6.07 Å². The minimum Gasteiger partial charge on any atom is -0.508 e. The summed E-state index contributed by atoms with van der Waals surface area (Å²) in [6.07, 6.45) is 0.582. The lowest BCUT2D eigenvalue weighted by molar-refractivity contribution is 0.459. The van der Waals surface area contributed by atoms with E-state index in [-0.39, 0.29) is 23.4 Å². The van der Waals surface area contributed by atoms with Gasteiger partial charge in [-0.2, -0.15) is 5.26 Å². The molecule has 0 aromatic heterocycles. The van der Waals surface area contributed by atoms with Crippen LogP contribution in [0.5, 0.6) is 5.75 Å². The zero-order valence-corrected chi connectivity index (χ0v) is 12.2. The Morgan fingerprint density at radius 3 is 2.48 bits per heavy atom. The van der Waals surface area contributed by atoms with Gasteiger partial charge < -0.3 is 5.11 Å². The molecule has 0 amide bonds. The molecule has 0 aliphatic heterocycles. The average molecular weight is 283 g/mol. The highest BCUT2D eigenvalue weighted by Crippen LogP contribution is 2.34. The number of hydrogen-bond acceptors (Lipinski definition) is 2. The molecule has 2 aromatic rings. The summed E-state index contributed by atoms with van der Waals surface area (Å²) in [6.45, 7) is 3.96. The normalized spacial score (nSPS) is 13.4. The van der Waals surface area contributed by atoms with Crippen LogP contribution >= 0.6 is 0 Å². The number of benzene rings is 2. The van der Waals surface area contributed by atoms with Gasteiger partial charge in [-0.15, -0.1) is 0 Å². The number of nitriles is 1. The summed E-state index contributed by atoms with van der Waals surface area (Å²) < 4.78 is 13.0. The first-order chi connectivity index (χ1) is 10.0. The van der Waals surface area contributed by atoms with Gasteiger partial charge in [0, 0.05) is 0 Å². The lowest BCUT2D eigenvalue weighted by atomic mass is 9.86. The van der Waals surface area contributed by atoms with Crippen molar-refractivity contribution in [2.24, 2.45) is 0 Å². The van der Waals surface area contributed by atoms with E-state index in [0.29, 0.717) is 6.42 Å². The van der Waals surface area contributed by atoms with Crippen LogP contribution in [0.15, 0.2) is 42.5 Å². The monoisotopic (exact) mass is 283 g/mol. The molecule has 0 saturated heterocycles. The molecule has 0 heterocycles. The summed E-state index contributed by atoms with van der Waals surface area (Å²) in [7, 11) is 0. The van der Waals surface area contributed by atoms with Crippen molar-refractivity contribution >= 4 is 0 Å². The van der Waals surface area contributed by atoms with Gasteiger partial charge in [-0.1, -0.05) is 36.8 Å². The van der Waals surface area contributed by atoms with Gasteiger partial charge in [0.05, 0.1) is 12.0 Å². The number of halogens is 1. The predicted octanol–water partition coefficient (Wildman–Crippen LogP) is 4.64. The summed E-state index contributed by atoms with van der Waals surface area (Å²) in [5.74, 6) is -0.330. The van der Waals surface area contributed by atoms with Crippen molar-refractivity contribution in [1.82, 2.24) is 0 Å². The third kappa shape index (κ3) is 3.61. The van der Waals surface area contributed by atoms with Crippen molar-refractivity contribution in [3.63, 3.8) is 0 Å². The van der Waals surface area contributed by atoms with Crippen LogP contribution in [0.4, 0.5) is 4.39 Å². The molecule has 0 fully saturated rings. The van der Waals surface area contributed by atoms with Crippen molar-refractivity contribution in [3.05, 3.63) is 65.0 Å². The smallest absolute Gasteiger partial charge is 0.123 e. The maximum atomic E-state index is 13.0. The van der Waals surface area contributed by atoms with Gasteiger partial charge in [-0.25, -0.2) is 4.39 Å². The molecule has 2 nitrogen and oxygen atoms in total. The number of nitrogens with zero attached hydrogens (tertiary/aromatic N) is 1. The van der Waals surface area contributed by atoms with E-state index in [0.717, 1.165) is 16.7 Å². The highest BCUT2D eigenvalue weighted by Gasteiger charge is 2.18. The molecule has 0 saturated carbocycles. The minimum absolute atomic E-state index is 0.0413. The summed E-state index contributed by atoms with van der Waals surface area (Å²) in [5, 5.41) is 19.3. The molecule has 0 bridgehead atoms. The Kier molecular flexibility index (Phi) is 4.59. The lowest BCUT2D eigenvalue weighted by Crippen LogP contribution is -2.03. The second-order valence-electron chi connectivity index (χ2n) is 5.43. The van der Waals surface area contributed by atoms with E-state index in [4.69, 9.17) is 0 Å². The second kappa shape index (κ2) is 6.41. The fourth-order valence-corrected chi connectivity index (χ4v) is 2.51. The quantitative estimate of drug-likeness (QED) is 0.888. The number of phenolic OH excluding ortho intramolecular Hbond substituents is 1. The first-order valence-corrected chi connectivity index (χ1v) is 6.96. The van der Waals surface area contributed by atoms with Gasteiger partial charge >= 0.3 is 0 Å². The number of phenols is 1. The fraction of sp³-hybridized carbons (Fsp3) is 0.278.